The number of anilines is 1. The van der Waals surface area contributed by atoms with Crippen molar-refractivity contribution in [1.82, 2.24) is 15.0 Å². The number of aliphatic hydroxyl groups is 1. The highest BCUT2D eigenvalue weighted by atomic mass is 79.9. The van der Waals surface area contributed by atoms with Gasteiger partial charge in [0, 0.05) is 24.7 Å². The number of esters is 1. The van der Waals surface area contributed by atoms with Crippen molar-refractivity contribution in [2.75, 3.05) is 31.5 Å². The van der Waals surface area contributed by atoms with Gasteiger partial charge in [-0.3, -0.25) is 10.1 Å². The van der Waals surface area contributed by atoms with Crippen molar-refractivity contribution in [1.29, 1.82) is 0 Å². The summed E-state index contributed by atoms with van der Waals surface area (Å²) in [6.45, 7) is 2.60. The molecule has 4 heterocycles. The van der Waals surface area contributed by atoms with E-state index in [1.54, 1.807) is 0 Å². The number of carbonyl (C=O) groups excluding carboxylic acids is 2. The minimum Gasteiger partial charge on any atom is -1.00 e. The number of carbonyl (C=O) groups is 2. The first-order valence-corrected chi connectivity index (χ1v) is 12.2. The summed E-state index contributed by atoms with van der Waals surface area (Å²) in [7, 11) is 0. The van der Waals surface area contributed by atoms with Crippen LogP contribution in [0.15, 0.2) is 43.0 Å². The van der Waals surface area contributed by atoms with Crippen molar-refractivity contribution in [3.05, 3.63) is 48.5 Å². The lowest BCUT2D eigenvalue weighted by Gasteiger charge is -2.51. The molecule has 4 aliphatic rings. The Labute approximate surface area is 215 Å². The molecule has 0 radical (unpaired) electrons. The number of hydrogen-bond donors (Lipinski definition) is 2. The largest absolute Gasteiger partial charge is 1.00 e. The van der Waals surface area contributed by atoms with Gasteiger partial charge in [-0.25, -0.2) is 19.7 Å². The Balaban J connectivity index is 0.00000289. The molecule has 3 saturated heterocycles. The van der Waals surface area contributed by atoms with Crippen LogP contribution in [0.3, 0.4) is 0 Å². The molecular formula is C25H32BrN5O4. The maximum atomic E-state index is 13.6. The summed E-state index contributed by atoms with van der Waals surface area (Å²) < 4.78 is 6.68. The molecule has 1 amide bonds. The van der Waals surface area contributed by atoms with Crippen molar-refractivity contribution < 1.29 is 40.9 Å². The van der Waals surface area contributed by atoms with E-state index in [4.69, 9.17) is 4.74 Å². The standard InChI is InChI=1S/C25H31N5O4.BrH/c31-22(29-24-27-16-26-17-28-24)15-30-12-10-18(11-13-30)21(14-30)34-23(32)25(33,20-8-4-5-9-20)19-6-2-1-3-7-19;/h1-3,6-7,16-18,20-21,33H,4-5,8-15H2;1H/t18?,21-,25+,30?;/m1./s1. The second-order valence-electron chi connectivity index (χ2n) is 10.0. The molecule has 3 aliphatic heterocycles. The van der Waals surface area contributed by atoms with Crippen LogP contribution in [0.25, 0.3) is 0 Å². The van der Waals surface area contributed by atoms with Crippen molar-refractivity contribution in [2.24, 2.45) is 11.8 Å². The van der Waals surface area contributed by atoms with Crippen LogP contribution in [0.1, 0.15) is 44.1 Å². The smallest absolute Gasteiger partial charge is 0.343 e. The van der Waals surface area contributed by atoms with Crippen molar-refractivity contribution in [3.63, 3.8) is 0 Å². The van der Waals surface area contributed by atoms with Crippen molar-refractivity contribution in [3.8, 4) is 0 Å². The van der Waals surface area contributed by atoms with Gasteiger partial charge in [0.15, 0.2) is 18.2 Å². The van der Waals surface area contributed by atoms with Gasteiger partial charge in [0.1, 0.15) is 19.2 Å². The topological polar surface area (TPSA) is 114 Å². The number of nitrogens with zero attached hydrogens (tertiary/aromatic N) is 4. The van der Waals surface area contributed by atoms with Crippen LogP contribution >= 0.6 is 0 Å². The normalized spacial score (nSPS) is 27.5. The molecule has 4 fully saturated rings. The molecule has 0 spiro atoms. The monoisotopic (exact) mass is 545 g/mol. The second kappa shape index (κ2) is 10.7. The van der Waals surface area contributed by atoms with Gasteiger partial charge in [0.05, 0.1) is 13.1 Å². The Morgan fingerprint density at radius 3 is 2.37 bits per heavy atom. The Morgan fingerprint density at radius 2 is 1.71 bits per heavy atom. The fourth-order valence-electron chi connectivity index (χ4n) is 6.13. The molecule has 35 heavy (non-hydrogen) atoms. The number of piperidine rings is 3. The van der Waals surface area contributed by atoms with Gasteiger partial charge in [-0.05, 0) is 18.4 Å². The van der Waals surface area contributed by atoms with Gasteiger partial charge >= 0.3 is 5.97 Å². The van der Waals surface area contributed by atoms with Gasteiger partial charge in [-0.15, -0.1) is 0 Å². The number of benzene rings is 1. The average Bonchev–Trinajstić information content (AvgIpc) is 3.40. The van der Waals surface area contributed by atoms with E-state index >= 15 is 0 Å². The molecule has 9 nitrogen and oxygen atoms in total. The Morgan fingerprint density at radius 1 is 1.06 bits per heavy atom. The summed E-state index contributed by atoms with van der Waals surface area (Å²) in [5.74, 6) is -0.352. The second-order valence-corrected chi connectivity index (χ2v) is 10.0. The number of fused-ring (bicyclic) bond motifs is 3. The zero-order valence-corrected chi connectivity index (χ0v) is 21.3. The zero-order chi connectivity index (χ0) is 23.6. The Bertz CT molecular complexity index is 1010. The van der Waals surface area contributed by atoms with E-state index in [1.165, 1.54) is 12.7 Å². The molecule has 0 unspecified atom stereocenters. The van der Waals surface area contributed by atoms with Crippen LogP contribution in [-0.4, -0.2) is 68.7 Å². The predicted molar refractivity (Wildman–Crippen MR) is 123 cm³/mol. The highest BCUT2D eigenvalue weighted by Gasteiger charge is 2.53. The molecule has 1 aromatic carbocycles. The lowest BCUT2D eigenvalue weighted by atomic mass is 9.79. The number of nitrogens with one attached hydrogen (secondary N) is 1. The molecule has 1 saturated carbocycles. The summed E-state index contributed by atoms with van der Waals surface area (Å²) in [6, 6.07) is 9.21. The van der Waals surface area contributed by atoms with Gasteiger partial charge in [0.25, 0.3) is 5.91 Å². The molecule has 10 heteroatoms. The average molecular weight is 546 g/mol. The molecule has 2 aromatic rings. The van der Waals surface area contributed by atoms with E-state index in [-0.39, 0.29) is 53.3 Å². The summed E-state index contributed by atoms with van der Waals surface area (Å²) >= 11 is 0. The van der Waals surface area contributed by atoms with Crippen molar-refractivity contribution in [2.45, 2.75) is 50.2 Å². The van der Waals surface area contributed by atoms with E-state index in [2.05, 4.69) is 20.3 Å². The molecule has 1 aliphatic carbocycles. The number of hydrogen-bond acceptors (Lipinski definition) is 7. The van der Waals surface area contributed by atoms with Crippen LogP contribution in [-0.2, 0) is 19.9 Å². The summed E-state index contributed by atoms with van der Waals surface area (Å²) in [4.78, 5) is 38.0. The number of halogens is 1. The molecule has 2 atom stereocenters. The third-order valence-corrected chi connectivity index (χ3v) is 7.99. The Kier molecular flexibility index (Phi) is 7.83. The summed E-state index contributed by atoms with van der Waals surface area (Å²) in [5, 5.41) is 14.5. The highest BCUT2D eigenvalue weighted by molar-refractivity contribution is 5.89. The fourth-order valence-corrected chi connectivity index (χ4v) is 6.13. The van der Waals surface area contributed by atoms with Crippen molar-refractivity contribution >= 4 is 17.8 Å². The summed E-state index contributed by atoms with van der Waals surface area (Å²) in [5.41, 5.74) is -1.03. The first-order chi connectivity index (χ1) is 16.5. The maximum absolute atomic E-state index is 13.6. The minimum absolute atomic E-state index is 0. The molecule has 6 rings (SSSR count). The molecule has 2 bridgehead atoms. The van der Waals surface area contributed by atoms with Crippen LogP contribution in [0.4, 0.5) is 5.95 Å². The number of aromatic nitrogens is 3. The fraction of sp³-hybridized carbons (Fsp3) is 0.560. The van der Waals surface area contributed by atoms with E-state index in [0.29, 0.717) is 16.6 Å². The number of rotatable bonds is 7. The van der Waals surface area contributed by atoms with Gasteiger partial charge < -0.3 is 31.3 Å². The number of quaternary nitrogens is 1. The molecule has 188 valence electrons. The lowest BCUT2D eigenvalue weighted by Crippen LogP contribution is -3.00. The SMILES string of the molecule is O=C(C[N+]12CCC(CC1)[C@H](OC(=O)[C@](O)(c1ccccc1)C1CCCC1)C2)Nc1ncncn1.[Br-]. The van der Waals surface area contributed by atoms with Gasteiger partial charge in [-0.2, -0.15) is 0 Å². The van der Waals surface area contributed by atoms with E-state index in [0.717, 1.165) is 51.6 Å². The molecular weight excluding hydrogens is 514 g/mol. The predicted octanol–water partition coefficient (Wildman–Crippen LogP) is -0.956. The van der Waals surface area contributed by atoms with Gasteiger partial charge in [-0.1, -0.05) is 43.2 Å². The number of ether oxygens (including phenoxy) is 1. The first-order valence-electron chi connectivity index (χ1n) is 12.2. The first kappa shape index (κ1) is 25.7. The zero-order valence-electron chi connectivity index (χ0n) is 19.7. The van der Waals surface area contributed by atoms with E-state index in [9.17, 15) is 14.7 Å². The quantitative estimate of drug-likeness (QED) is 0.340. The van der Waals surface area contributed by atoms with E-state index in [1.807, 2.05) is 30.3 Å². The minimum atomic E-state index is -1.63. The lowest BCUT2D eigenvalue weighted by molar-refractivity contribution is -0.939. The molecule has 1 aromatic heterocycles. The van der Waals surface area contributed by atoms with E-state index < -0.39 is 11.6 Å². The molecule has 2 N–H and O–H groups in total. The summed E-state index contributed by atoms with van der Waals surface area (Å²) in [6.07, 6.45) is 7.80. The maximum Gasteiger partial charge on any atom is 0.343 e. The van der Waals surface area contributed by atoms with Crippen LogP contribution < -0.4 is 22.3 Å². The van der Waals surface area contributed by atoms with Crippen LogP contribution in [0.2, 0.25) is 0 Å². The van der Waals surface area contributed by atoms with Crippen LogP contribution in [0.5, 0.6) is 0 Å². The number of amides is 1. The highest BCUT2D eigenvalue weighted by Crippen LogP contribution is 2.43. The third kappa shape index (κ3) is 5.24. The Hall–Kier alpha value is -2.43. The third-order valence-electron chi connectivity index (χ3n) is 7.99. The van der Waals surface area contributed by atoms with Gasteiger partial charge in [0.2, 0.25) is 5.95 Å². The van der Waals surface area contributed by atoms with Crippen LogP contribution in [0, 0.1) is 11.8 Å².